The van der Waals surface area contributed by atoms with Gasteiger partial charge in [-0.05, 0) is 42.8 Å². The summed E-state index contributed by atoms with van der Waals surface area (Å²) in [6.07, 6.45) is 0.755. The van der Waals surface area contributed by atoms with Gasteiger partial charge in [-0.3, -0.25) is 4.79 Å². The number of nitrogens with one attached hydrogen (secondary N) is 1. The summed E-state index contributed by atoms with van der Waals surface area (Å²) in [5.74, 6) is 3.24. The summed E-state index contributed by atoms with van der Waals surface area (Å²) in [5.41, 5.74) is 2.26. The van der Waals surface area contributed by atoms with Crippen molar-refractivity contribution in [1.29, 1.82) is 0 Å². The number of aryl methyl sites for hydroxylation is 1. The Hall–Kier alpha value is -4.40. The maximum absolute atomic E-state index is 13.0. The molecule has 0 aliphatic heterocycles. The van der Waals surface area contributed by atoms with Gasteiger partial charge in [0.2, 0.25) is 5.75 Å². The monoisotopic (exact) mass is 505 g/mol. The first-order valence-electron chi connectivity index (χ1n) is 11.9. The second kappa shape index (κ2) is 12.0. The van der Waals surface area contributed by atoms with E-state index >= 15 is 0 Å². The van der Waals surface area contributed by atoms with Crippen LogP contribution in [0.2, 0.25) is 0 Å². The molecule has 0 fully saturated rings. The van der Waals surface area contributed by atoms with Crippen LogP contribution in [-0.2, 0) is 13.1 Å². The molecule has 1 amide bonds. The van der Waals surface area contributed by atoms with Gasteiger partial charge in [-0.25, -0.2) is 4.98 Å². The summed E-state index contributed by atoms with van der Waals surface area (Å²) in [5, 5.41) is 2.97. The number of amides is 1. The van der Waals surface area contributed by atoms with Crippen molar-refractivity contribution in [2.24, 2.45) is 0 Å². The van der Waals surface area contributed by atoms with Gasteiger partial charge in [0.05, 0.1) is 52.6 Å². The summed E-state index contributed by atoms with van der Waals surface area (Å²) in [4.78, 5) is 17.8. The fraction of sp³-hybridized carbons (Fsp3) is 0.286. The molecule has 0 spiro atoms. The first-order valence-corrected chi connectivity index (χ1v) is 11.9. The Morgan fingerprint density at radius 2 is 1.59 bits per heavy atom. The highest BCUT2D eigenvalue weighted by Gasteiger charge is 2.18. The Balaban J connectivity index is 1.46. The minimum absolute atomic E-state index is 0.251. The van der Waals surface area contributed by atoms with Gasteiger partial charge in [0.25, 0.3) is 5.91 Å². The van der Waals surface area contributed by atoms with Crippen LogP contribution >= 0.6 is 0 Å². The number of ether oxygens (including phenoxy) is 5. The Kier molecular flexibility index (Phi) is 8.35. The molecule has 4 aromatic rings. The molecule has 0 bridgehead atoms. The van der Waals surface area contributed by atoms with E-state index in [0.717, 1.165) is 34.8 Å². The Bertz CT molecular complexity index is 1340. The number of imidazole rings is 1. The number of hydrogen-bond acceptors (Lipinski definition) is 7. The van der Waals surface area contributed by atoms with E-state index < -0.39 is 0 Å². The van der Waals surface area contributed by atoms with Crippen LogP contribution in [0.1, 0.15) is 22.6 Å². The van der Waals surface area contributed by atoms with Crippen LogP contribution < -0.4 is 29.0 Å². The lowest BCUT2D eigenvalue weighted by atomic mass is 10.1. The molecule has 9 heteroatoms. The molecule has 0 unspecified atom stereocenters. The minimum atomic E-state index is -0.279. The highest BCUT2D eigenvalue weighted by molar-refractivity contribution is 5.95. The van der Waals surface area contributed by atoms with Crippen LogP contribution in [0.4, 0.5) is 0 Å². The van der Waals surface area contributed by atoms with Crippen LogP contribution in [-0.4, -0.2) is 50.5 Å². The van der Waals surface area contributed by atoms with Crippen molar-refractivity contribution in [3.63, 3.8) is 0 Å². The molecule has 0 atom stereocenters. The number of fused-ring (bicyclic) bond motifs is 1. The zero-order chi connectivity index (χ0) is 26.2. The van der Waals surface area contributed by atoms with Gasteiger partial charge in [-0.15, -0.1) is 0 Å². The highest BCUT2D eigenvalue weighted by atomic mass is 16.5. The number of methoxy groups -OCH3 is 4. The van der Waals surface area contributed by atoms with Crippen LogP contribution in [0.5, 0.6) is 28.7 Å². The number of hydrogen-bond donors (Lipinski definition) is 1. The Morgan fingerprint density at radius 1 is 0.865 bits per heavy atom. The quantitative estimate of drug-likeness (QED) is 0.284. The molecule has 37 heavy (non-hydrogen) atoms. The molecule has 0 aliphatic carbocycles. The zero-order valence-electron chi connectivity index (χ0n) is 21.4. The lowest BCUT2D eigenvalue weighted by Crippen LogP contribution is -2.25. The Morgan fingerprint density at radius 3 is 2.30 bits per heavy atom. The van der Waals surface area contributed by atoms with Gasteiger partial charge in [0.15, 0.2) is 11.5 Å². The third-order valence-electron chi connectivity index (χ3n) is 5.90. The summed E-state index contributed by atoms with van der Waals surface area (Å²) in [6, 6.07) is 18.7. The maximum atomic E-state index is 13.0. The van der Waals surface area contributed by atoms with Crippen molar-refractivity contribution in [3.8, 4) is 28.7 Å². The Labute approximate surface area is 215 Å². The lowest BCUT2D eigenvalue weighted by molar-refractivity contribution is 0.0948. The molecule has 0 radical (unpaired) electrons. The first-order chi connectivity index (χ1) is 18.1. The third kappa shape index (κ3) is 5.88. The van der Waals surface area contributed by atoms with Crippen LogP contribution in [0.3, 0.4) is 0 Å². The molecular weight excluding hydrogens is 474 g/mol. The number of aromatic nitrogens is 2. The molecule has 9 nitrogen and oxygen atoms in total. The average Bonchev–Trinajstić information content (AvgIpc) is 3.30. The number of carbonyl (C=O) groups is 1. The summed E-state index contributed by atoms with van der Waals surface area (Å²) in [6.45, 7) is 1.46. The van der Waals surface area contributed by atoms with Gasteiger partial charge in [0.1, 0.15) is 17.3 Å². The summed E-state index contributed by atoms with van der Waals surface area (Å²) in [7, 11) is 6.18. The molecule has 1 heterocycles. The third-order valence-corrected chi connectivity index (χ3v) is 5.90. The van der Waals surface area contributed by atoms with Gasteiger partial charge in [-0.2, -0.15) is 0 Å². The largest absolute Gasteiger partial charge is 0.497 e. The van der Waals surface area contributed by atoms with Gasteiger partial charge in [0, 0.05) is 18.2 Å². The van der Waals surface area contributed by atoms with E-state index in [1.165, 1.54) is 21.3 Å². The molecule has 0 saturated heterocycles. The number of benzene rings is 3. The summed E-state index contributed by atoms with van der Waals surface area (Å²) >= 11 is 0. The number of para-hydroxylation sites is 2. The average molecular weight is 506 g/mol. The van der Waals surface area contributed by atoms with E-state index in [4.69, 9.17) is 28.7 Å². The second-order valence-electron chi connectivity index (χ2n) is 8.15. The molecule has 0 saturated carbocycles. The molecule has 1 aromatic heterocycles. The standard InChI is InChI=1S/C28H31N3O6/c1-33-20-9-7-10-21(17-20)37-14-8-13-31-23-12-6-5-11-22(23)30-26(31)18-29-28(32)19-15-24(34-2)27(36-4)25(16-19)35-3/h5-7,9-12,15-17H,8,13-14,18H2,1-4H3,(H,29,32). The topological polar surface area (TPSA) is 93.1 Å². The van der Waals surface area contributed by atoms with E-state index in [9.17, 15) is 4.79 Å². The van der Waals surface area contributed by atoms with Crippen molar-refractivity contribution in [1.82, 2.24) is 14.9 Å². The molecule has 4 rings (SSSR count). The molecular formula is C28H31N3O6. The van der Waals surface area contributed by atoms with Crippen LogP contribution in [0.15, 0.2) is 60.7 Å². The van der Waals surface area contributed by atoms with E-state index in [0.29, 0.717) is 36.0 Å². The fourth-order valence-electron chi connectivity index (χ4n) is 4.09. The second-order valence-corrected chi connectivity index (χ2v) is 8.15. The number of rotatable bonds is 12. The van der Waals surface area contributed by atoms with Crippen molar-refractivity contribution >= 4 is 16.9 Å². The molecule has 0 aliphatic rings. The summed E-state index contributed by atoms with van der Waals surface area (Å²) < 4.78 is 29.4. The predicted molar refractivity (Wildman–Crippen MR) is 140 cm³/mol. The van der Waals surface area contributed by atoms with Crippen LogP contribution in [0, 0.1) is 0 Å². The number of nitrogens with zero attached hydrogens (tertiary/aromatic N) is 2. The highest BCUT2D eigenvalue weighted by Crippen LogP contribution is 2.38. The fourth-order valence-corrected chi connectivity index (χ4v) is 4.09. The van der Waals surface area contributed by atoms with Crippen molar-refractivity contribution in [3.05, 3.63) is 72.1 Å². The van der Waals surface area contributed by atoms with Crippen molar-refractivity contribution < 1.29 is 28.5 Å². The van der Waals surface area contributed by atoms with E-state index in [1.54, 1.807) is 19.2 Å². The molecule has 194 valence electrons. The van der Waals surface area contributed by atoms with Gasteiger partial charge >= 0.3 is 0 Å². The normalized spacial score (nSPS) is 10.7. The van der Waals surface area contributed by atoms with Gasteiger partial charge < -0.3 is 33.6 Å². The number of carbonyl (C=O) groups excluding carboxylic acids is 1. The zero-order valence-corrected chi connectivity index (χ0v) is 21.4. The van der Waals surface area contributed by atoms with Crippen molar-refractivity contribution in [2.75, 3.05) is 35.0 Å². The predicted octanol–water partition coefficient (Wildman–Crippen LogP) is 4.47. The van der Waals surface area contributed by atoms with Crippen molar-refractivity contribution in [2.45, 2.75) is 19.5 Å². The maximum Gasteiger partial charge on any atom is 0.251 e. The van der Waals surface area contributed by atoms with Crippen LogP contribution in [0.25, 0.3) is 11.0 Å². The molecule has 1 N–H and O–H groups in total. The molecule has 3 aromatic carbocycles. The SMILES string of the molecule is COc1cccc(OCCCn2c(CNC(=O)c3cc(OC)c(OC)c(OC)c3)nc3ccccc32)c1. The van der Waals surface area contributed by atoms with Gasteiger partial charge in [-0.1, -0.05) is 18.2 Å². The van der Waals surface area contributed by atoms with E-state index in [1.807, 2.05) is 48.5 Å². The minimum Gasteiger partial charge on any atom is -0.497 e. The van der Waals surface area contributed by atoms with E-state index in [2.05, 4.69) is 9.88 Å². The first kappa shape index (κ1) is 25.7. The van der Waals surface area contributed by atoms with E-state index in [-0.39, 0.29) is 12.5 Å². The smallest absolute Gasteiger partial charge is 0.251 e. The lowest BCUT2D eigenvalue weighted by Gasteiger charge is -2.14.